The average molecular weight is 384 g/mol. The van der Waals surface area contributed by atoms with Crippen LogP contribution in [0.15, 0.2) is 36.4 Å². The SMILES string of the molecule is CNCCCC1Cc2cc(F)ccc2N(c2ccc(F)cc2F)S1(=O)=O. The quantitative estimate of drug-likeness (QED) is 0.803. The van der Waals surface area contributed by atoms with Crippen LogP contribution in [0.5, 0.6) is 0 Å². The topological polar surface area (TPSA) is 49.4 Å². The van der Waals surface area contributed by atoms with Gasteiger partial charge in [0.2, 0.25) is 10.0 Å². The smallest absolute Gasteiger partial charge is 0.242 e. The molecule has 26 heavy (non-hydrogen) atoms. The highest BCUT2D eigenvalue weighted by atomic mass is 32.2. The lowest BCUT2D eigenvalue weighted by Crippen LogP contribution is -2.42. The molecule has 0 bridgehead atoms. The summed E-state index contributed by atoms with van der Waals surface area (Å²) in [7, 11) is -2.17. The molecule has 3 rings (SSSR count). The second-order valence-corrected chi connectivity index (χ2v) is 8.31. The monoisotopic (exact) mass is 384 g/mol. The first kappa shape index (κ1) is 18.7. The summed E-state index contributed by atoms with van der Waals surface area (Å²) >= 11 is 0. The Labute approximate surface area is 150 Å². The Morgan fingerprint density at radius 1 is 1.08 bits per heavy atom. The highest BCUT2D eigenvalue weighted by Crippen LogP contribution is 2.41. The summed E-state index contributed by atoms with van der Waals surface area (Å²) in [5.74, 6) is -2.28. The molecule has 0 amide bonds. The van der Waals surface area contributed by atoms with Crippen molar-refractivity contribution in [1.29, 1.82) is 0 Å². The molecule has 0 aliphatic carbocycles. The number of nitrogens with one attached hydrogen (secondary N) is 1. The van der Waals surface area contributed by atoms with E-state index in [-0.39, 0.29) is 17.8 Å². The van der Waals surface area contributed by atoms with E-state index in [1.54, 1.807) is 7.05 Å². The lowest BCUT2D eigenvalue weighted by Gasteiger charge is -2.35. The molecule has 0 fully saturated rings. The first-order valence-corrected chi connectivity index (χ1v) is 9.77. The van der Waals surface area contributed by atoms with Crippen LogP contribution < -0.4 is 9.62 Å². The van der Waals surface area contributed by atoms with Crippen LogP contribution in [-0.4, -0.2) is 27.3 Å². The molecule has 140 valence electrons. The van der Waals surface area contributed by atoms with Gasteiger partial charge in [0.1, 0.15) is 11.6 Å². The van der Waals surface area contributed by atoms with Crippen LogP contribution in [0.1, 0.15) is 18.4 Å². The van der Waals surface area contributed by atoms with Crippen molar-refractivity contribution in [2.24, 2.45) is 0 Å². The summed E-state index contributed by atoms with van der Waals surface area (Å²) in [4.78, 5) is 0. The van der Waals surface area contributed by atoms with Crippen LogP contribution in [0.3, 0.4) is 0 Å². The minimum atomic E-state index is -3.94. The predicted molar refractivity (Wildman–Crippen MR) is 94.5 cm³/mol. The summed E-state index contributed by atoms with van der Waals surface area (Å²) in [5, 5.41) is 2.14. The van der Waals surface area contributed by atoms with Crippen molar-refractivity contribution >= 4 is 21.4 Å². The zero-order valence-electron chi connectivity index (χ0n) is 14.2. The number of halogens is 3. The molecule has 0 spiro atoms. The number of hydrogen-bond donors (Lipinski definition) is 1. The molecule has 1 aliphatic heterocycles. The number of sulfonamides is 1. The predicted octanol–water partition coefficient (Wildman–Crippen LogP) is 3.50. The highest BCUT2D eigenvalue weighted by Gasteiger charge is 2.40. The largest absolute Gasteiger partial charge is 0.320 e. The molecule has 1 aliphatic rings. The van der Waals surface area contributed by atoms with Crippen molar-refractivity contribution in [2.75, 3.05) is 17.9 Å². The van der Waals surface area contributed by atoms with E-state index in [4.69, 9.17) is 0 Å². The van der Waals surface area contributed by atoms with Crippen LogP contribution in [0.4, 0.5) is 24.5 Å². The number of rotatable bonds is 5. The van der Waals surface area contributed by atoms with Crippen molar-refractivity contribution in [3.8, 4) is 0 Å². The summed E-state index contributed by atoms with van der Waals surface area (Å²) in [5.41, 5.74) is 0.414. The Bertz CT molecular complexity index is 919. The van der Waals surface area contributed by atoms with Gasteiger partial charge in [-0.3, -0.25) is 0 Å². The third-order valence-corrected chi connectivity index (χ3v) is 6.61. The fourth-order valence-corrected chi connectivity index (χ4v) is 5.25. The average Bonchev–Trinajstić information content (AvgIpc) is 2.57. The zero-order valence-corrected chi connectivity index (χ0v) is 15.0. The number of benzene rings is 2. The van der Waals surface area contributed by atoms with E-state index in [0.29, 0.717) is 31.0 Å². The van der Waals surface area contributed by atoms with Gasteiger partial charge in [-0.05, 0) is 68.8 Å². The first-order valence-electron chi connectivity index (χ1n) is 8.27. The summed E-state index contributed by atoms with van der Waals surface area (Å²) in [6.07, 6.45) is 1.10. The fraction of sp³-hybridized carbons (Fsp3) is 0.333. The van der Waals surface area contributed by atoms with Crippen LogP contribution >= 0.6 is 0 Å². The van der Waals surface area contributed by atoms with E-state index in [9.17, 15) is 21.6 Å². The van der Waals surface area contributed by atoms with E-state index in [0.717, 1.165) is 22.5 Å². The van der Waals surface area contributed by atoms with E-state index in [1.807, 2.05) is 0 Å². The Kier molecular flexibility index (Phi) is 5.24. The van der Waals surface area contributed by atoms with E-state index >= 15 is 0 Å². The third kappa shape index (κ3) is 3.43. The third-order valence-electron chi connectivity index (χ3n) is 4.47. The highest BCUT2D eigenvalue weighted by molar-refractivity contribution is 7.93. The second-order valence-electron chi connectivity index (χ2n) is 6.25. The maximum Gasteiger partial charge on any atom is 0.242 e. The molecule has 0 saturated carbocycles. The summed E-state index contributed by atoms with van der Waals surface area (Å²) in [6, 6.07) is 6.44. The minimum Gasteiger partial charge on any atom is -0.320 e. The zero-order chi connectivity index (χ0) is 18.9. The van der Waals surface area contributed by atoms with Crippen molar-refractivity contribution in [3.63, 3.8) is 0 Å². The van der Waals surface area contributed by atoms with Crippen molar-refractivity contribution in [2.45, 2.75) is 24.5 Å². The van der Waals surface area contributed by atoms with Gasteiger partial charge >= 0.3 is 0 Å². The van der Waals surface area contributed by atoms with Gasteiger partial charge < -0.3 is 5.32 Å². The van der Waals surface area contributed by atoms with Gasteiger partial charge in [-0.1, -0.05) is 0 Å². The van der Waals surface area contributed by atoms with Gasteiger partial charge in [0.25, 0.3) is 0 Å². The van der Waals surface area contributed by atoms with Crippen LogP contribution in [-0.2, 0) is 16.4 Å². The number of nitrogens with zero attached hydrogens (tertiary/aromatic N) is 1. The molecule has 0 radical (unpaired) electrons. The molecule has 1 unspecified atom stereocenters. The number of fused-ring (bicyclic) bond motifs is 1. The molecule has 0 aromatic heterocycles. The molecule has 0 saturated heterocycles. The molecule has 2 aromatic rings. The standard InChI is InChI=1S/C18H19F3N2O2S/c1-22-8-2-3-15-10-12-9-13(19)4-6-17(12)23(26(15,24)25)18-7-5-14(20)11-16(18)21/h4-7,9,11,15,22H,2-3,8,10H2,1H3. The Morgan fingerprint density at radius 2 is 1.73 bits per heavy atom. The van der Waals surface area contributed by atoms with E-state index in [2.05, 4.69) is 5.32 Å². The van der Waals surface area contributed by atoms with Crippen LogP contribution in [0.2, 0.25) is 0 Å². The maximum atomic E-state index is 14.4. The lowest BCUT2D eigenvalue weighted by molar-refractivity contribution is 0.549. The van der Waals surface area contributed by atoms with Gasteiger partial charge in [0.15, 0.2) is 5.82 Å². The van der Waals surface area contributed by atoms with Crippen molar-refractivity contribution in [1.82, 2.24) is 5.32 Å². The van der Waals surface area contributed by atoms with Crippen LogP contribution in [0.25, 0.3) is 0 Å². The van der Waals surface area contributed by atoms with E-state index in [1.165, 1.54) is 12.1 Å². The summed E-state index contributed by atoms with van der Waals surface area (Å²) < 4.78 is 68.5. The minimum absolute atomic E-state index is 0.151. The Hall–Kier alpha value is -2.06. The van der Waals surface area contributed by atoms with Crippen molar-refractivity contribution < 1.29 is 21.6 Å². The van der Waals surface area contributed by atoms with Crippen LogP contribution in [0, 0.1) is 17.5 Å². The van der Waals surface area contributed by atoms with Gasteiger partial charge in [0.05, 0.1) is 16.6 Å². The summed E-state index contributed by atoms with van der Waals surface area (Å²) in [6.45, 7) is 0.632. The molecule has 8 heteroatoms. The molecule has 4 nitrogen and oxygen atoms in total. The van der Waals surface area contributed by atoms with Gasteiger partial charge in [-0.15, -0.1) is 0 Å². The second kappa shape index (κ2) is 7.28. The molecular weight excluding hydrogens is 365 g/mol. The number of anilines is 2. The number of hydrogen-bond acceptors (Lipinski definition) is 3. The molecule has 1 heterocycles. The normalized spacial score (nSPS) is 18.6. The Morgan fingerprint density at radius 3 is 2.38 bits per heavy atom. The Balaban J connectivity index is 2.13. The van der Waals surface area contributed by atoms with E-state index < -0.39 is 32.7 Å². The molecule has 1 N–H and O–H groups in total. The van der Waals surface area contributed by atoms with Gasteiger partial charge in [0, 0.05) is 6.07 Å². The first-order chi connectivity index (χ1) is 12.3. The molecule has 2 aromatic carbocycles. The van der Waals surface area contributed by atoms with Gasteiger partial charge in [-0.25, -0.2) is 25.9 Å². The lowest BCUT2D eigenvalue weighted by atomic mass is 10.0. The van der Waals surface area contributed by atoms with Gasteiger partial charge in [-0.2, -0.15) is 0 Å². The fourth-order valence-electron chi connectivity index (χ4n) is 3.22. The molecule has 1 atom stereocenters. The molecular formula is C18H19F3N2O2S. The maximum absolute atomic E-state index is 14.4. The van der Waals surface area contributed by atoms with Crippen molar-refractivity contribution in [3.05, 3.63) is 59.4 Å².